The number of benzene rings is 1. The van der Waals surface area contributed by atoms with Gasteiger partial charge in [-0.2, -0.15) is 5.10 Å². The molecule has 9 nitrogen and oxygen atoms in total. The lowest BCUT2D eigenvalue weighted by molar-refractivity contribution is -0.134. The Bertz CT molecular complexity index is 1260. The largest absolute Gasteiger partial charge is 0.452 e. The molecule has 0 N–H and O–H groups in total. The summed E-state index contributed by atoms with van der Waals surface area (Å²) in [6.45, 7) is 6.38. The number of rotatable bonds is 6. The molecular weight excluding hydrogens is 453 g/mol. The van der Waals surface area contributed by atoms with Gasteiger partial charge >= 0.3 is 5.97 Å². The molecular formula is C25H26FN5O4. The average molecular weight is 480 g/mol. The van der Waals surface area contributed by atoms with Gasteiger partial charge in [-0.1, -0.05) is 0 Å². The number of halogens is 1. The molecule has 0 unspecified atom stereocenters. The van der Waals surface area contributed by atoms with Crippen molar-refractivity contribution in [2.75, 3.05) is 37.7 Å². The number of pyridine rings is 1. The van der Waals surface area contributed by atoms with E-state index < -0.39 is 11.8 Å². The fourth-order valence-electron chi connectivity index (χ4n) is 3.97. The van der Waals surface area contributed by atoms with Gasteiger partial charge in [0.15, 0.2) is 18.2 Å². The molecule has 1 fully saturated rings. The molecule has 3 aromatic rings. The zero-order chi connectivity index (χ0) is 25.1. The number of anilines is 1. The fraction of sp³-hybridized carbons (Fsp3) is 0.320. The Hall–Kier alpha value is -4.08. The predicted molar refractivity (Wildman–Crippen MR) is 126 cm³/mol. The molecule has 1 saturated heterocycles. The zero-order valence-corrected chi connectivity index (χ0v) is 19.8. The van der Waals surface area contributed by atoms with Crippen molar-refractivity contribution in [2.24, 2.45) is 0 Å². The number of amides is 1. The van der Waals surface area contributed by atoms with E-state index in [1.165, 1.54) is 19.2 Å². The minimum Gasteiger partial charge on any atom is -0.452 e. The number of aromatic nitrogens is 3. The van der Waals surface area contributed by atoms with Crippen LogP contribution in [0.5, 0.6) is 0 Å². The van der Waals surface area contributed by atoms with Crippen molar-refractivity contribution < 1.29 is 23.5 Å². The third kappa shape index (κ3) is 5.37. The zero-order valence-electron chi connectivity index (χ0n) is 19.8. The lowest BCUT2D eigenvalue weighted by Gasteiger charge is -2.36. The monoisotopic (exact) mass is 479 g/mol. The number of piperazine rings is 1. The van der Waals surface area contributed by atoms with Crippen molar-refractivity contribution in [3.8, 4) is 5.82 Å². The number of esters is 1. The minimum absolute atomic E-state index is 0.199. The maximum absolute atomic E-state index is 14.4. The smallest absolute Gasteiger partial charge is 0.340 e. The van der Waals surface area contributed by atoms with Crippen LogP contribution < -0.4 is 4.90 Å². The molecule has 1 amide bonds. The van der Waals surface area contributed by atoms with Gasteiger partial charge in [-0.15, -0.1) is 0 Å². The van der Waals surface area contributed by atoms with Crippen molar-refractivity contribution in [3.05, 3.63) is 70.9 Å². The van der Waals surface area contributed by atoms with Crippen LogP contribution in [0.3, 0.4) is 0 Å². The summed E-state index contributed by atoms with van der Waals surface area (Å²) in [5.74, 6) is -1.05. The van der Waals surface area contributed by atoms with Crippen LogP contribution >= 0.6 is 0 Å². The molecule has 2 aromatic heterocycles. The van der Waals surface area contributed by atoms with E-state index in [-0.39, 0.29) is 23.9 Å². The van der Waals surface area contributed by atoms with Gasteiger partial charge in [0.1, 0.15) is 5.82 Å². The number of Topliss-reactive ketones (excluding diaryl/α,β-unsaturated/α-hetero) is 1. The third-order valence-corrected chi connectivity index (χ3v) is 5.86. The summed E-state index contributed by atoms with van der Waals surface area (Å²) >= 11 is 0. The van der Waals surface area contributed by atoms with Crippen molar-refractivity contribution in [2.45, 2.75) is 20.8 Å². The topological polar surface area (TPSA) is 97.6 Å². The van der Waals surface area contributed by atoms with Crippen LogP contribution in [0.25, 0.3) is 5.82 Å². The van der Waals surface area contributed by atoms with Crippen LogP contribution in [0.1, 0.15) is 39.0 Å². The van der Waals surface area contributed by atoms with E-state index in [1.807, 2.05) is 24.8 Å². The van der Waals surface area contributed by atoms with E-state index in [0.717, 1.165) is 11.4 Å². The van der Waals surface area contributed by atoms with Gasteiger partial charge in [0.2, 0.25) is 0 Å². The van der Waals surface area contributed by atoms with E-state index >= 15 is 0 Å². The Kier molecular flexibility index (Phi) is 6.90. The molecule has 0 saturated carbocycles. The van der Waals surface area contributed by atoms with Gasteiger partial charge in [0, 0.05) is 43.6 Å². The summed E-state index contributed by atoms with van der Waals surface area (Å²) in [5.41, 5.74) is 2.73. The van der Waals surface area contributed by atoms with Gasteiger partial charge in [-0.05, 0) is 57.2 Å². The van der Waals surface area contributed by atoms with Gasteiger partial charge in [-0.3, -0.25) is 9.59 Å². The Labute approximate surface area is 202 Å². The number of carbonyl (C=O) groups is 3. The summed E-state index contributed by atoms with van der Waals surface area (Å²) in [4.78, 5) is 44.0. The normalized spacial score (nSPS) is 13.6. The molecule has 1 aromatic carbocycles. The van der Waals surface area contributed by atoms with E-state index in [0.29, 0.717) is 43.2 Å². The predicted octanol–water partition coefficient (Wildman–Crippen LogP) is 2.73. The summed E-state index contributed by atoms with van der Waals surface area (Å²) in [7, 11) is 0. The minimum atomic E-state index is -0.642. The first kappa shape index (κ1) is 24.1. The number of ether oxygens (including phenoxy) is 1. The van der Waals surface area contributed by atoms with Gasteiger partial charge in [0.25, 0.3) is 5.91 Å². The highest BCUT2D eigenvalue weighted by atomic mass is 19.1. The van der Waals surface area contributed by atoms with Crippen molar-refractivity contribution in [1.82, 2.24) is 19.7 Å². The molecule has 182 valence electrons. The van der Waals surface area contributed by atoms with Crippen LogP contribution in [0.4, 0.5) is 10.1 Å². The number of hydrogen-bond acceptors (Lipinski definition) is 7. The lowest BCUT2D eigenvalue weighted by atomic mass is 10.1. The highest BCUT2D eigenvalue weighted by Gasteiger charge is 2.24. The van der Waals surface area contributed by atoms with Crippen LogP contribution in [-0.2, 0) is 9.53 Å². The van der Waals surface area contributed by atoms with Crippen molar-refractivity contribution >= 4 is 23.3 Å². The standard InChI is InChI=1S/C25H26FN5O4/c1-16-12-17(2)31(28-16)23-7-5-20(14-27-23)25(34)35-15-24(33)30-10-8-29(9-11-30)22-6-4-19(18(3)32)13-21(22)26/h4-7,12-14H,8-11,15H2,1-3H3. The Morgan fingerprint density at radius 2 is 1.71 bits per heavy atom. The number of hydrogen-bond donors (Lipinski definition) is 0. The van der Waals surface area contributed by atoms with Gasteiger partial charge in [-0.25, -0.2) is 18.9 Å². The maximum Gasteiger partial charge on any atom is 0.340 e. The lowest BCUT2D eigenvalue weighted by Crippen LogP contribution is -2.50. The summed E-state index contributed by atoms with van der Waals surface area (Å²) in [6.07, 6.45) is 1.39. The molecule has 0 radical (unpaired) electrons. The van der Waals surface area contributed by atoms with E-state index in [9.17, 15) is 18.8 Å². The first-order valence-electron chi connectivity index (χ1n) is 11.2. The Balaban J connectivity index is 1.28. The molecule has 4 rings (SSSR count). The molecule has 0 aliphatic carbocycles. The van der Waals surface area contributed by atoms with Crippen LogP contribution in [0.15, 0.2) is 42.6 Å². The van der Waals surface area contributed by atoms with Crippen molar-refractivity contribution in [3.63, 3.8) is 0 Å². The quantitative estimate of drug-likeness (QED) is 0.396. The first-order chi connectivity index (χ1) is 16.7. The fourth-order valence-corrected chi connectivity index (χ4v) is 3.97. The highest BCUT2D eigenvalue weighted by molar-refractivity contribution is 5.94. The Morgan fingerprint density at radius 3 is 2.29 bits per heavy atom. The van der Waals surface area contributed by atoms with Crippen LogP contribution in [0, 0.1) is 19.7 Å². The molecule has 10 heteroatoms. The number of ketones is 1. The van der Waals surface area contributed by atoms with E-state index in [1.54, 1.807) is 33.8 Å². The van der Waals surface area contributed by atoms with Gasteiger partial charge in [0.05, 0.1) is 16.9 Å². The first-order valence-corrected chi connectivity index (χ1v) is 11.2. The van der Waals surface area contributed by atoms with Crippen molar-refractivity contribution in [1.29, 1.82) is 0 Å². The summed E-state index contributed by atoms with van der Waals surface area (Å²) < 4.78 is 21.3. The second kappa shape index (κ2) is 10.0. The number of nitrogens with zero attached hydrogens (tertiary/aromatic N) is 5. The van der Waals surface area contributed by atoms with Crippen LogP contribution in [0.2, 0.25) is 0 Å². The summed E-state index contributed by atoms with van der Waals surface area (Å²) in [5, 5.41) is 4.36. The number of carbonyl (C=O) groups excluding carboxylic acids is 3. The van der Waals surface area contributed by atoms with Gasteiger partial charge < -0.3 is 14.5 Å². The second-order valence-electron chi connectivity index (χ2n) is 8.41. The molecule has 0 bridgehead atoms. The highest BCUT2D eigenvalue weighted by Crippen LogP contribution is 2.22. The average Bonchev–Trinajstić information content (AvgIpc) is 3.20. The second-order valence-corrected chi connectivity index (χ2v) is 8.41. The molecule has 0 spiro atoms. The molecule has 1 aliphatic heterocycles. The Morgan fingerprint density at radius 1 is 1.00 bits per heavy atom. The third-order valence-electron chi connectivity index (χ3n) is 5.86. The molecule has 35 heavy (non-hydrogen) atoms. The molecule has 1 aliphatic rings. The summed E-state index contributed by atoms with van der Waals surface area (Å²) in [6, 6.07) is 9.58. The van der Waals surface area contributed by atoms with E-state index in [4.69, 9.17) is 4.74 Å². The number of aryl methyl sites for hydroxylation is 2. The van der Waals surface area contributed by atoms with Crippen LogP contribution in [-0.4, -0.2) is 70.1 Å². The van der Waals surface area contributed by atoms with E-state index in [2.05, 4.69) is 10.1 Å². The molecule has 3 heterocycles. The SMILES string of the molecule is CC(=O)c1ccc(N2CCN(C(=O)COC(=O)c3ccc(-n4nc(C)cc4C)nc3)CC2)c(F)c1. The maximum atomic E-state index is 14.4. The molecule has 0 atom stereocenters.